The van der Waals surface area contributed by atoms with Crippen LogP contribution in [0.25, 0.3) is 0 Å². The molecule has 1 N–H and O–H groups in total. The van der Waals surface area contributed by atoms with E-state index in [1.165, 1.54) is 0 Å². The van der Waals surface area contributed by atoms with Crippen LogP contribution in [-0.4, -0.2) is 6.54 Å². The van der Waals surface area contributed by atoms with Gasteiger partial charge in [-0.15, -0.1) is 0 Å². The SMILES string of the molecule is CCNC(Cc1ccccc1Cl)c1cc(Cl)ccc1Br. The van der Waals surface area contributed by atoms with Gasteiger partial charge in [0, 0.05) is 20.6 Å². The first-order valence-electron chi connectivity index (χ1n) is 6.53. The highest BCUT2D eigenvalue weighted by Gasteiger charge is 2.16. The third-order valence-electron chi connectivity index (χ3n) is 3.17. The van der Waals surface area contributed by atoms with Gasteiger partial charge >= 0.3 is 0 Å². The van der Waals surface area contributed by atoms with Crippen LogP contribution < -0.4 is 5.32 Å². The molecule has 20 heavy (non-hydrogen) atoms. The minimum Gasteiger partial charge on any atom is -0.310 e. The maximum Gasteiger partial charge on any atom is 0.0438 e. The lowest BCUT2D eigenvalue weighted by molar-refractivity contribution is 0.548. The number of hydrogen-bond acceptors (Lipinski definition) is 1. The summed E-state index contributed by atoms with van der Waals surface area (Å²) >= 11 is 16.0. The number of halogens is 3. The Hall–Kier alpha value is -0.540. The summed E-state index contributed by atoms with van der Waals surface area (Å²) in [5, 5.41) is 5.04. The van der Waals surface area contributed by atoms with Gasteiger partial charge in [-0.1, -0.05) is 64.3 Å². The average molecular weight is 373 g/mol. The van der Waals surface area contributed by atoms with Crippen LogP contribution in [0.4, 0.5) is 0 Å². The molecular formula is C16H16BrCl2N. The van der Waals surface area contributed by atoms with E-state index >= 15 is 0 Å². The second kappa shape index (κ2) is 7.46. The normalized spacial score (nSPS) is 12.4. The average Bonchev–Trinajstić information content (AvgIpc) is 2.43. The zero-order chi connectivity index (χ0) is 14.5. The molecule has 0 aliphatic carbocycles. The van der Waals surface area contributed by atoms with Gasteiger partial charge < -0.3 is 5.32 Å². The molecule has 0 aliphatic heterocycles. The van der Waals surface area contributed by atoms with Gasteiger partial charge in [0.25, 0.3) is 0 Å². The van der Waals surface area contributed by atoms with Gasteiger partial charge in [-0.25, -0.2) is 0 Å². The molecule has 0 radical (unpaired) electrons. The summed E-state index contributed by atoms with van der Waals surface area (Å²) in [6.07, 6.45) is 0.826. The number of hydrogen-bond donors (Lipinski definition) is 1. The molecule has 0 saturated carbocycles. The predicted octanol–water partition coefficient (Wildman–Crippen LogP) is 5.65. The van der Waals surface area contributed by atoms with Crippen molar-refractivity contribution in [2.24, 2.45) is 0 Å². The van der Waals surface area contributed by atoms with Crippen molar-refractivity contribution in [1.29, 1.82) is 0 Å². The lowest BCUT2D eigenvalue weighted by Gasteiger charge is -2.20. The Morgan fingerprint density at radius 3 is 2.60 bits per heavy atom. The van der Waals surface area contributed by atoms with Gasteiger partial charge in [-0.3, -0.25) is 0 Å². The summed E-state index contributed by atoms with van der Waals surface area (Å²) in [6, 6.07) is 14.0. The van der Waals surface area contributed by atoms with Gasteiger partial charge in [0.15, 0.2) is 0 Å². The molecule has 1 unspecified atom stereocenters. The summed E-state index contributed by atoms with van der Waals surface area (Å²) in [7, 11) is 0. The number of rotatable bonds is 5. The largest absolute Gasteiger partial charge is 0.310 e. The summed E-state index contributed by atoms with van der Waals surface area (Å²) in [6.45, 7) is 2.98. The maximum atomic E-state index is 6.26. The van der Waals surface area contributed by atoms with Crippen LogP contribution in [0.2, 0.25) is 10.0 Å². The molecule has 0 fully saturated rings. The van der Waals surface area contributed by atoms with Gasteiger partial charge in [0.1, 0.15) is 0 Å². The summed E-state index contributed by atoms with van der Waals surface area (Å²) in [5.41, 5.74) is 2.28. The smallest absolute Gasteiger partial charge is 0.0438 e. The van der Waals surface area contributed by atoms with Gasteiger partial charge in [-0.2, -0.15) is 0 Å². The fourth-order valence-electron chi connectivity index (χ4n) is 2.20. The second-order valence-electron chi connectivity index (χ2n) is 4.57. The molecule has 0 aliphatic rings. The monoisotopic (exact) mass is 371 g/mol. The van der Waals surface area contributed by atoms with E-state index in [2.05, 4.69) is 34.2 Å². The minimum absolute atomic E-state index is 0.174. The zero-order valence-electron chi connectivity index (χ0n) is 11.2. The fraction of sp³-hybridized carbons (Fsp3) is 0.250. The molecule has 2 aromatic carbocycles. The third-order valence-corrected chi connectivity index (χ3v) is 4.49. The Morgan fingerprint density at radius 2 is 1.90 bits per heavy atom. The van der Waals surface area contributed by atoms with E-state index in [-0.39, 0.29) is 6.04 Å². The highest BCUT2D eigenvalue weighted by atomic mass is 79.9. The Labute approximate surface area is 138 Å². The standard InChI is InChI=1S/C16H16BrCl2N/c1-2-20-16(9-11-5-3-4-6-15(11)19)13-10-12(18)7-8-14(13)17/h3-8,10,16,20H,2,9H2,1H3. The summed E-state index contributed by atoms with van der Waals surface area (Å²) in [4.78, 5) is 0. The minimum atomic E-state index is 0.174. The molecule has 0 heterocycles. The van der Waals surface area contributed by atoms with Crippen molar-refractivity contribution in [3.8, 4) is 0 Å². The summed E-state index contributed by atoms with van der Waals surface area (Å²) in [5.74, 6) is 0. The Morgan fingerprint density at radius 1 is 1.15 bits per heavy atom. The van der Waals surface area contributed by atoms with Crippen LogP contribution in [-0.2, 0) is 6.42 Å². The van der Waals surface area contributed by atoms with Crippen LogP contribution in [0.3, 0.4) is 0 Å². The molecule has 2 rings (SSSR count). The van der Waals surface area contributed by atoms with Crippen LogP contribution in [0.1, 0.15) is 24.1 Å². The van der Waals surface area contributed by atoms with Crippen molar-refractivity contribution in [2.45, 2.75) is 19.4 Å². The van der Waals surface area contributed by atoms with Crippen molar-refractivity contribution < 1.29 is 0 Å². The van der Waals surface area contributed by atoms with Crippen LogP contribution in [0.5, 0.6) is 0 Å². The van der Waals surface area contributed by atoms with Gasteiger partial charge in [0.2, 0.25) is 0 Å². The van der Waals surface area contributed by atoms with Crippen molar-refractivity contribution in [3.63, 3.8) is 0 Å². The van der Waals surface area contributed by atoms with Crippen LogP contribution >= 0.6 is 39.1 Å². The molecule has 0 aromatic heterocycles. The first kappa shape index (κ1) is 15.8. The molecule has 0 amide bonds. The number of nitrogens with one attached hydrogen (secondary N) is 1. The lowest BCUT2D eigenvalue weighted by atomic mass is 9.99. The van der Waals surface area contributed by atoms with Crippen molar-refractivity contribution >= 4 is 39.1 Å². The number of benzene rings is 2. The van der Waals surface area contributed by atoms with E-state index in [4.69, 9.17) is 23.2 Å². The third kappa shape index (κ3) is 3.98. The molecule has 4 heteroatoms. The maximum absolute atomic E-state index is 6.26. The first-order chi connectivity index (χ1) is 9.61. The van der Waals surface area contributed by atoms with E-state index < -0.39 is 0 Å². The van der Waals surface area contributed by atoms with Gasteiger partial charge in [-0.05, 0) is 48.4 Å². The van der Waals surface area contributed by atoms with Gasteiger partial charge in [0.05, 0.1) is 0 Å². The number of likely N-dealkylation sites (N-methyl/N-ethyl adjacent to an activating group) is 1. The molecule has 0 spiro atoms. The highest BCUT2D eigenvalue weighted by molar-refractivity contribution is 9.10. The molecule has 2 aromatic rings. The Bertz CT molecular complexity index is 586. The van der Waals surface area contributed by atoms with Crippen molar-refractivity contribution in [3.05, 3.63) is 68.1 Å². The Balaban J connectivity index is 2.32. The molecule has 1 nitrogen and oxygen atoms in total. The molecular weight excluding hydrogens is 357 g/mol. The fourth-order valence-corrected chi connectivity index (χ4v) is 3.12. The molecule has 0 saturated heterocycles. The Kier molecular flexibility index (Phi) is 5.91. The van der Waals surface area contributed by atoms with E-state index in [0.717, 1.165) is 38.6 Å². The lowest BCUT2D eigenvalue weighted by Crippen LogP contribution is -2.23. The molecule has 1 atom stereocenters. The van der Waals surface area contributed by atoms with E-state index in [0.29, 0.717) is 0 Å². The second-order valence-corrected chi connectivity index (χ2v) is 6.27. The van der Waals surface area contributed by atoms with E-state index in [1.54, 1.807) is 0 Å². The quantitative estimate of drug-likeness (QED) is 0.714. The van der Waals surface area contributed by atoms with Crippen LogP contribution in [0.15, 0.2) is 46.9 Å². The van der Waals surface area contributed by atoms with Crippen molar-refractivity contribution in [1.82, 2.24) is 5.32 Å². The molecule has 106 valence electrons. The van der Waals surface area contributed by atoms with E-state index in [9.17, 15) is 0 Å². The van der Waals surface area contributed by atoms with Crippen LogP contribution in [0, 0.1) is 0 Å². The topological polar surface area (TPSA) is 12.0 Å². The zero-order valence-corrected chi connectivity index (χ0v) is 14.3. The van der Waals surface area contributed by atoms with E-state index in [1.807, 2.05) is 36.4 Å². The summed E-state index contributed by atoms with van der Waals surface area (Å²) < 4.78 is 1.06. The highest BCUT2D eigenvalue weighted by Crippen LogP contribution is 2.30. The molecule has 0 bridgehead atoms. The predicted molar refractivity (Wildman–Crippen MR) is 90.7 cm³/mol. The first-order valence-corrected chi connectivity index (χ1v) is 8.08. The van der Waals surface area contributed by atoms with Crippen molar-refractivity contribution in [2.75, 3.05) is 6.54 Å².